The molecule has 1 aromatic heterocycles. The second-order valence-corrected chi connectivity index (χ2v) is 10.2. The second kappa shape index (κ2) is 9.38. The van der Waals surface area contributed by atoms with Gasteiger partial charge in [-0.1, -0.05) is 48.4 Å². The van der Waals surface area contributed by atoms with Crippen molar-refractivity contribution in [3.8, 4) is 0 Å². The Labute approximate surface area is 188 Å². The summed E-state index contributed by atoms with van der Waals surface area (Å²) in [5, 5.41) is 11.2. The highest BCUT2D eigenvalue weighted by Crippen LogP contribution is 2.27. The summed E-state index contributed by atoms with van der Waals surface area (Å²) in [6.45, 7) is 5.47. The molecule has 1 aliphatic rings. The Balaban J connectivity index is 1.54. The van der Waals surface area contributed by atoms with Crippen molar-refractivity contribution in [2.45, 2.75) is 63.6 Å². The van der Waals surface area contributed by atoms with Gasteiger partial charge in [0.15, 0.2) is 0 Å². The molecule has 32 heavy (non-hydrogen) atoms. The van der Waals surface area contributed by atoms with Crippen molar-refractivity contribution in [1.82, 2.24) is 24.6 Å². The van der Waals surface area contributed by atoms with Crippen LogP contribution in [0.5, 0.6) is 0 Å². The van der Waals surface area contributed by atoms with E-state index in [1.807, 2.05) is 38.1 Å². The summed E-state index contributed by atoms with van der Waals surface area (Å²) in [6, 6.07) is 12.1. The standard InChI is InChI=1S/C23H29N5O3S/c1-3-13-27-21-12-11-19(15-20(21)25-26-27)32(30,31)28-14-5-4-6-22(28)23(29)24-16-18-9-7-17(2)8-10-18/h7-12,15,22H,3-6,13-14,16H2,1-2H3,(H,24,29)/t22-/m0/s1. The van der Waals surface area contributed by atoms with Crippen molar-refractivity contribution in [2.24, 2.45) is 0 Å². The molecule has 0 bridgehead atoms. The molecule has 1 amide bonds. The lowest BCUT2D eigenvalue weighted by atomic mass is 10.0. The summed E-state index contributed by atoms with van der Waals surface area (Å²) in [5.41, 5.74) is 3.47. The highest BCUT2D eigenvalue weighted by atomic mass is 32.2. The molecule has 8 nitrogen and oxygen atoms in total. The predicted molar refractivity (Wildman–Crippen MR) is 122 cm³/mol. The molecule has 4 rings (SSSR count). The van der Waals surface area contributed by atoms with Crippen LogP contribution in [0.15, 0.2) is 47.4 Å². The number of carbonyl (C=O) groups excluding carboxylic acids is 1. The van der Waals surface area contributed by atoms with Crippen LogP contribution in [0.25, 0.3) is 11.0 Å². The predicted octanol–water partition coefficient (Wildman–Crippen LogP) is 3.01. The summed E-state index contributed by atoms with van der Waals surface area (Å²) >= 11 is 0. The number of fused-ring (bicyclic) bond motifs is 1. The van der Waals surface area contributed by atoms with Crippen molar-refractivity contribution in [2.75, 3.05) is 6.54 Å². The van der Waals surface area contributed by atoms with E-state index in [9.17, 15) is 13.2 Å². The molecule has 0 spiro atoms. The van der Waals surface area contributed by atoms with Gasteiger partial charge in [0, 0.05) is 19.6 Å². The Hall–Kier alpha value is -2.78. The number of aromatic nitrogens is 3. The Morgan fingerprint density at radius 2 is 1.94 bits per heavy atom. The molecular weight excluding hydrogens is 426 g/mol. The third kappa shape index (κ3) is 4.54. The highest BCUT2D eigenvalue weighted by molar-refractivity contribution is 7.89. The smallest absolute Gasteiger partial charge is 0.243 e. The maximum Gasteiger partial charge on any atom is 0.243 e. The van der Waals surface area contributed by atoms with Crippen molar-refractivity contribution < 1.29 is 13.2 Å². The molecule has 1 saturated heterocycles. The van der Waals surface area contributed by atoms with E-state index < -0.39 is 16.1 Å². The number of aryl methyl sites for hydroxylation is 2. The average molecular weight is 456 g/mol. The molecule has 1 fully saturated rings. The van der Waals surface area contributed by atoms with E-state index in [1.54, 1.807) is 22.9 Å². The Morgan fingerprint density at radius 3 is 2.69 bits per heavy atom. The van der Waals surface area contributed by atoms with Crippen LogP contribution in [-0.2, 0) is 27.9 Å². The highest BCUT2D eigenvalue weighted by Gasteiger charge is 2.37. The Kier molecular flexibility index (Phi) is 6.57. The largest absolute Gasteiger partial charge is 0.351 e. The maximum atomic E-state index is 13.5. The van der Waals surface area contributed by atoms with Crippen molar-refractivity contribution >= 4 is 27.0 Å². The van der Waals surface area contributed by atoms with Gasteiger partial charge < -0.3 is 5.32 Å². The lowest BCUT2D eigenvalue weighted by Gasteiger charge is -2.33. The summed E-state index contributed by atoms with van der Waals surface area (Å²) in [5.74, 6) is -0.260. The molecule has 1 atom stereocenters. The van der Waals surface area contributed by atoms with Gasteiger partial charge >= 0.3 is 0 Å². The van der Waals surface area contributed by atoms with Gasteiger partial charge in [0.2, 0.25) is 15.9 Å². The molecule has 0 radical (unpaired) electrons. The SMILES string of the molecule is CCCn1nnc2cc(S(=O)(=O)N3CCCC[C@H]3C(=O)NCc3ccc(C)cc3)ccc21. The topological polar surface area (TPSA) is 97.2 Å². The monoisotopic (exact) mass is 455 g/mol. The number of nitrogens with zero attached hydrogens (tertiary/aromatic N) is 4. The summed E-state index contributed by atoms with van der Waals surface area (Å²) in [7, 11) is -3.84. The minimum absolute atomic E-state index is 0.145. The second-order valence-electron chi connectivity index (χ2n) is 8.29. The number of piperidine rings is 1. The first-order valence-corrected chi connectivity index (χ1v) is 12.5. The summed E-state index contributed by atoms with van der Waals surface area (Å²) in [4.78, 5) is 13.1. The Morgan fingerprint density at radius 1 is 1.16 bits per heavy atom. The number of carbonyl (C=O) groups is 1. The fourth-order valence-electron chi connectivity index (χ4n) is 4.09. The zero-order valence-corrected chi connectivity index (χ0v) is 19.3. The summed E-state index contributed by atoms with van der Waals surface area (Å²) in [6.07, 6.45) is 2.97. The minimum Gasteiger partial charge on any atom is -0.351 e. The van der Waals surface area contributed by atoms with Crippen LogP contribution >= 0.6 is 0 Å². The van der Waals surface area contributed by atoms with Gasteiger partial charge in [-0.05, 0) is 49.9 Å². The van der Waals surface area contributed by atoms with E-state index in [1.165, 1.54) is 4.31 Å². The van der Waals surface area contributed by atoms with Crippen LogP contribution in [0, 0.1) is 6.92 Å². The third-order valence-electron chi connectivity index (χ3n) is 5.87. The van der Waals surface area contributed by atoms with Crippen molar-refractivity contribution in [3.05, 3.63) is 53.6 Å². The molecule has 3 aromatic rings. The number of benzene rings is 2. The molecule has 2 heterocycles. The maximum absolute atomic E-state index is 13.5. The van der Waals surface area contributed by atoms with Crippen LogP contribution in [-0.4, -0.2) is 46.2 Å². The lowest BCUT2D eigenvalue weighted by Crippen LogP contribution is -2.51. The molecule has 0 saturated carbocycles. The fraction of sp³-hybridized carbons (Fsp3) is 0.435. The van der Waals surface area contributed by atoms with E-state index in [-0.39, 0.29) is 10.8 Å². The van der Waals surface area contributed by atoms with Crippen molar-refractivity contribution in [3.63, 3.8) is 0 Å². The van der Waals surface area contributed by atoms with Gasteiger partial charge in [-0.3, -0.25) is 4.79 Å². The van der Waals surface area contributed by atoms with Crippen LogP contribution < -0.4 is 5.32 Å². The molecule has 1 aliphatic heterocycles. The average Bonchev–Trinajstić information content (AvgIpc) is 3.21. The molecule has 1 N–H and O–H groups in total. The van der Waals surface area contributed by atoms with E-state index >= 15 is 0 Å². The van der Waals surface area contributed by atoms with Gasteiger partial charge in [-0.2, -0.15) is 4.31 Å². The normalized spacial score (nSPS) is 17.5. The van der Waals surface area contributed by atoms with Gasteiger partial charge in [0.1, 0.15) is 11.6 Å². The molecular formula is C23H29N5O3S. The number of nitrogens with one attached hydrogen (secondary N) is 1. The van der Waals surface area contributed by atoms with E-state index in [0.717, 1.165) is 42.5 Å². The number of hydrogen-bond acceptors (Lipinski definition) is 5. The molecule has 170 valence electrons. The molecule has 0 aliphatic carbocycles. The number of amides is 1. The Bertz CT molecular complexity index is 1200. The van der Waals surface area contributed by atoms with Crippen LogP contribution in [0.1, 0.15) is 43.7 Å². The van der Waals surface area contributed by atoms with Gasteiger partial charge in [-0.25, -0.2) is 13.1 Å². The van der Waals surface area contributed by atoms with Crippen LogP contribution in [0.2, 0.25) is 0 Å². The zero-order valence-electron chi connectivity index (χ0n) is 18.5. The third-order valence-corrected chi connectivity index (χ3v) is 7.78. The lowest BCUT2D eigenvalue weighted by molar-refractivity contribution is -0.125. The number of rotatable bonds is 7. The minimum atomic E-state index is -3.84. The summed E-state index contributed by atoms with van der Waals surface area (Å²) < 4.78 is 30.1. The van der Waals surface area contributed by atoms with Gasteiger partial charge in [0.05, 0.1) is 10.4 Å². The van der Waals surface area contributed by atoms with Crippen LogP contribution in [0.4, 0.5) is 0 Å². The first-order valence-electron chi connectivity index (χ1n) is 11.1. The van der Waals surface area contributed by atoms with E-state index in [4.69, 9.17) is 0 Å². The number of sulfonamides is 1. The first-order chi connectivity index (χ1) is 15.4. The van der Waals surface area contributed by atoms with Crippen molar-refractivity contribution in [1.29, 1.82) is 0 Å². The molecule has 9 heteroatoms. The van der Waals surface area contributed by atoms with Gasteiger partial charge in [0.25, 0.3) is 0 Å². The molecule has 0 unspecified atom stereocenters. The fourth-order valence-corrected chi connectivity index (χ4v) is 5.77. The van der Waals surface area contributed by atoms with Crippen LogP contribution in [0.3, 0.4) is 0 Å². The quantitative estimate of drug-likeness (QED) is 0.591. The van der Waals surface area contributed by atoms with E-state index in [2.05, 4.69) is 15.6 Å². The van der Waals surface area contributed by atoms with Gasteiger partial charge in [-0.15, -0.1) is 5.10 Å². The van der Waals surface area contributed by atoms with E-state index in [0.29, 0.717) is 25.0 Å². The number of hydrogen-bond donors (Lipinski definition) is 1. The first kappa shape index (κ1) is 22.4. The zero-order chi connectivity index (χ0) is 22.7. The molecule has 2 aromatic carbocycles.